The molecule has 1 rings (SSSR count). The van der Waals surface area contributed by atoms with Gasteiger partial charge in [-0.2, -0.15) is 0 Å². The van der Waals surface area contributed by atoms with Crippen LogP contribution in [0, 0.1) is 5.92 Å². The summed E-state index contributed by atoms with van der Waals surface area (Å²) in [5.41, 5.74) is 0. The first-order valence-electron chi connectivity index (χ1n) is 4.02. The maximum absolute atomic E-state index is 11.1. The molecule has 1 fully saturated rings. The highest BCUT2D eigenvalue weighted by molar-refractivity contribution is 5.78. The Morgan fingerprint density at radius 2 is 2.15 bits per heavy atom. The maximum Gasteiger partial charge on any atom is 0.335 e. The first-order valence-corrected chi connectivity index (χ1v) is 4.02. The minimum absolute atomic E-state index is 0.103. The van der Waals surface area contributed by atoms with Crippen LogP contribution in [0.4, 0.5) is 0 Å². The van der Waals surface area contributed by atoms with Crippen molar-refractivity contribution < 1.29 is 24.2 Å². The van der Waals surface area contributed by atoms with Crippen molar-refractivity contribution in [3.8, 4) is 0 Å². The molecule has 13 heavy (non-hydrogen) atoms. The molecule has 0 spiro atoms. The number of hydrogen-bond donors (Lipinski definition) is 1. The lowest BCUT2D eigenvalue weighted by atomic mass is 10.0. The summed E-state index contributed by atoms with van der Waals surface area (Å²) in [6.45, 7) is 1.77. The van der Waals surface area contributed by atoms with Crippen LogP contribution in [0.3, 0.4) is 0 Å². The fourth-order valence-corrected chi connectivity index (χ4v) is 1.39. The van der Waals surface area contributed by atoms with E-state index in [-0.39, 0.29) is 5.92 Å². The van der Waals surface area contributed by atoms with Crippen molar-refractivity contribution in [2.24, 2.45) is 5.92 Å². The molecule has 0 radical (unpaired) electrons. The van der Waals surface area contributed by atoms with E-state index in [1.807, 2.05) is 0 Å². The average molecular weight is 188 g/mol. The number of carbonyl (C=O) groups excluding carboxylic acids is 1. The van der Waals surface area contributed by atoms with Gasteiger partial charge in [0.05, 0.1) is 7.11 Å². The highest BCUT2D eigenvalue weighted by Crippen LogP contribution is 2.26. The summed E-state index contributed by atoms with van der Waals surface area (Å²) in [6.07, 6.45) is -1.25. The maximum atomic E-state index is 11.1. The Morgan fingerprint density at radius 3 is 2.54 bits per heavy atom. The van der Waals surface area contributed by atoms with E-state index >= 15 is 0 Å². The van der Waals surface area contributed by atoms with Crippen LogP contribution < -0.4 is 0 Å². The number of aliphatic carboxylic acids is 1. The van der Waals surface area contributed by atoms with E-state index in [1.165, 1.54) is 7.11 Å². The van der Waals surface area contributed by atoms with E-state index in [0.29, 0.717) is 6.42 Å². The quantitative estimate of drug-likeness (QED) is 0.619. The van der Waals surface area contributed by atoms with Crippen LogP contribution in [0.25, 0.3) is 0 Å². The SMILES string of the molecule is COC(=O)C1OC(C(=O)O)CC1C. The van der Waals surface area contributed by atoms with Crippen molar-refractivity contribution in [1.29, 1.82) is 0 Å². The first-order chi connectivity index (χ1) is 6.06. The summed E-state index contributed by atoms with van der Waals surface area (Å²) in [6, 6.07) is 0. The Kier molecular flexibility index (Phi) is 2.87. The number of methoxy groups -OCH3 is 1. The highest BCUT2D eigenvalue weighted by Gasteiger charge is 2.40. The molecule has 0 aromatic carbocycles. The normalized spacial score (nSPS) is 32.9. The summed E-state index contributed by atoms with van der Waals surface area (Å²) < 4.78 is 9.49. The molecule has 74 valence electrons. The summed E-state index contributed by atoms with van der Waals surface area (Å²) >= 11 is 0. The van der Waals surface area contributed by atoms with Crippen LogP contribution in [-0.4, -0.2) is 36.4 Å². The zero-order chi connectivity index (χ0) is 10.0. The highest BCUT2D eigenvalue weighted by atomic mass is 16.6. The van der Waals surface area contributed by atoms with Crippen molar-refractivity contribution in [1.82, 2.24) is 0 Å². The molecule has 3 atom stereocenters. The van der Waals surface area contributed by atoms with Gasteiger partial charge in [0.2, 0.25) is 0 Å². The second-order valence-corrected chi connectivity index (χ2v) is 3.12. The number of rotatable bonds is 2. The van der Waals surface area contributed by atoms with Crippen molar-refractivity contribution >= 4 is 11.9 Å². The molecule has 0 aromatic rings. The molecular weight excluding hydrogens is 176 g/mol. The molecule has 5 heteroatoms. The van der Waals surface area contributed by atoms with Crippen molar-refractivity contribution in [3.63, 3.8) is 0 Å². The molecule has 1 N–H and O–H groups in total. The van der Waals surface area contributed by atoms with Gasteiger partial charge in [0, 0.05) is 0 Å². The monoisotopic (exact) mass is 188 g/mol. The van der Waals surface area contributed by atoms with E-state index in [9.17, 15) is 9.59 Å². The number of carboxylic acid groups (broad SMARTS) is 1. The Balaban J connectivity index is 2.61. The molecule has 5 nitrogen and oxygen atoms in total. The van der Waals surface area contributed by atoms with Crippen molar-refractivity contribution in [2.45, 2.75) is 25.6 Å². The Labute approximate surface area is 75.6 Å². The molecule has 3 unspecified atom stereocenters. The molecule has 0 aliphatic carbocycles. The minimum Gasteiger partial charge on any atom is -0.479 e. The van der Waals surface area contributed by atoms with Crippen molar-refractivity contribution in [2.75, 3.05) is 7.11 Å². The van der Waals surface area contributed by atoms with Gasteiger partial charge in [-0.3, -0.25) is 0 Å². The van der Waals surface area contributed by atoms with Crippen LogP contribution in [0.15, 0.2) is 0 Å². The molecule has 0 aromatic heterocycles. The number of carboxylic acids is 1. The zero-order valence-electron chi connectivity index (χ0n) is 7.52. The van der Waals surface area contributed by atoms with Crippen molar-refractivity contribution in [3.05, 3.63) is 0 Å². The van der Waals surface area contributed by atoms with Gasteiger partial charge in [-0.1, -0.05) is 6.92 Å². The van der Waals surface area contributed by atoms with Gasteiger partial charge in [-0.25, -0.2) is 9.59 Å². The number of esters is 1. The van der Waals surface area contributed by atoms with E-state index < -0.39 is 24.1 Å². The van der Waals surface area contributed by atoms with E-state index in [4.69, 9.17) is 9.84 Å². The smallest absolute Gasteiger partial charge is 0.335 e. The van der Waals surface area contributed by atoms with Crippen LogP contribution in [0.5, 0.6) is 0 Å². The third kappa shape index (κ3) is 1.98. The van der Waals surface area contributed by atoms with E-state index in [0.717, 1.165) is 0 Å². The number of hydrogen-bond acceptors (Lipinski definition) is 4. The van der Waals surface area contributed by atoms with Crippen LogP contribution in [0.2, 0.25) is 0 Å². The van der Waals surface area contributed by atoms with Crippen LogP contribution in [0.1, 0.15) is 13.3 Å². The van der Waals surface area contributed by atoms with Gasteiger partial charge >= 0.3 is 11.9 Å². The predicted molar refractivity (Wildman–Crippen MR) is 42.1 cm³/mol. The summed E-state index contributed by atoms with van der Waals surface area (Å²) in [5, 5.41) is 8.63. The van der Waals surface area contributed by atoms with Gasteiger partial charge < -0.3 is 14.6 Å². The van der Waals surface area contributed by atoms with Gasteiger partial charge in [0.25, 0.3) is 0 Å². The second kappa shape index (κ2) is 3.74. The average Bonchev–Trinajstić information content (AvgIpc) is 2.46. The molecule has 1 saturated heterocycles. The summed E-state index contributed by atoms with van der Waals surface area (Å²) in [5.74, 6) is -1.64. The zero-order valence-corrected chi connectivity index (χ0v) is 7.52. The van der Waals surface area contributed by atoms with Crippen LogP contribution in [-0.2, 0) is 19.1 Å². The number of ether oxygens (including phenoxy) is 2. The van der Waals surface area contributed by atoms with Gasteiger partial charge in [0.1, 0.15) is 0 Å². The fourth-order valence-electron chi connectivity index (χ4n) is 1.39. The first kappa shape index (κ1) is 9.98. The summed E-state index contributed by atoms with van der Waals surface area (Å²) in [4.78, 5) is 21.6. The lowest BCUT2D eigenvalue weighted by molar-refractivity contribution is -0.160. The van der Waals surface area contributed by atoms with Gasteiger partial charge in [0.15, 0.2) is 12.2 Å². The molecule has 1 aliphatic heterocycles. The molecule has 0 bridgehead atoms. The largest absolute Gasteiger partial charge is 0.479 e. The minimum atomic E-state index is -1.03. The predicted octanol–water partition coefficient (Wildman–Crippen LogP) is 0.0376. The number of carbonyl (C=O) groups is 2. The summed E-state index contributed by atoms with van der Waals surface area (Å²) in [7, 11) is 1.26. The Hall–Kier alpha value is -1.10. The molecule has 1 aliphatic rings. The van der Waals surface area contributed by atoms with Crippen LogP contribution >= 0.6 is 0 Å². The third-order valence-corrected chi connectivity index (χ3v) is 2.12. The standard InChI is InChI=1S/C8H12O5/c1-4-3-5(7(9)10)13-6(4)8(11)12-2/h4-6H,3H2,1-2H3,(H,9,10). The molecular formula is C8H12O5. The molecule has 0 saturated carbocycles. The van der Waals surface area contributed by atoms with Gasteiger partial charge in [-0.05, 0) is 12.3 Å². The lowest BCUT2D eigenvalue weighted by Gasteiger charge is -2.11. The van der Waals surface area contributed by atoms with E-state index in [1.54, 1.807) is 6.92 Å². The molecule has 1 heterocycles. The van der Waals surface area contributed by atoms with E-state index in [2.05, 4.69) is 4.74 Å². The Bertz CT molecular complexity index is 225. The molecule has 0 amide bonds. The third-order valence-electron chi connectivity index (χ3n) is 2.12. The fraction of sp³-hybridized carbons (Fsp3) is 0.750. The lowest BCUT2D eigenvalue weighted by Crippen LogP contribution is -2.28. The Morgan fingerprint density at radius 1 is 1.54 bits per heavy atom. The van der Waals surface area contributed by atoms with Gasteiger partial charge in [-0.15, -0.1) is 0 Å². The topological polar surface area (TPSA) is 72.8 Å². The second-order valence-electron chi connectivity index (χ2n) is 3.12.